The zero-order valence-corrected chi connectivity index (χ0v) is 11.9. The number of rotatable bonds is 2. The maximum absolute atomic E-state index is 12.5. The van der Waals surface area contributed by atoms with Gasteiger partial charge in [0, 0.05) is 36.1 Å². The van der Waals surface area contributed by atoms with Gasteiger partial charge in [-0.1, -0.05) is 12.1 Å². The van der Waals surface area contributed by atoms with E-state index in [4.69, 9.17) is 0 Å². The number of nitrogens with one attached hydrogen (secondary N) is 1. The molecule has 2 atom stereocenters. The summed E-state index contributed by atoms with van der Waals surface area (Å²) in [6.45, 7) is 2.82. The highest BCUT2D eigenvalue weighted by Gasteiger charge is 2.30. The first-order valence-corrected chi connectivity index (χ1v) is 7.15. The summed E-state index contributed by atoms with van der Waals surface area (Å²) in [5, 5.41) is 10.1. The third kappa shape index (κ3) is 2.45. The highest BCUT2D eigenvalue weighted by Crippen LogP contribution is 2.21. The summed E-state index contributed by atoms with van der Waals surface area (Å²) in [6, 6.07) is 7.15. The number of hydrogen-bond donors (Lipinski definition) is 2. The molecule has 5 nitrogen and oxygen atoms in total. The molecule has 5 heteroatoms. The van der Waals surface area contributed by atoms with Gasteiger partial charge in [0.15, 0.2) is 0 Å². The summed E-state index contributed by atoms with van der Waals surface area (Å²) in [6.07, 6.45) is 1.83. The molecule has 2 N–H and O–H groups in total. The van der Waals surface area contributed by atoms with Gasteiger partial charge >= 0.3 is 0 Å². The number of amides is 1. The monoisotopic (exact) mass is 286 g/mol. The molecular formula is C16H18N2O3. The number of fused-ring (bicyclic) bond motifs is 1. The lowest BCUT2D eigenvalue weighted by atomic mass is 10.0. The molecule has 0 bridgehead atoms. The van der Waals surface area contributed by atoms with E-state index in [1.807, 2.05) is 12.1 Å². The van der Waals surface area contributed by atoms with Crippen LogP contribution in [0.15, 0.2) is 35.3 Å². The Morgan fingerprint density at radius 1 is 1.43 bits per heavy atom. The number of H-pyrrole nitrogens is 1. The van der Waals surface area contributed by atoms with Crippen LogP contribution in [0.5, 0.6) is 0 Å². The molecule has 2 unspecified atom stereocenters. The number of aromatic amines is 1. The molecule has 0 radical (unpaired) electrons. The fourth-order valence-corrected chi connectivity index (χ4v) is 2.86. The Morgan fingerprint density at radius 3 is 2.90 bits per heavy atom. The highest BCUT2D eigenvalue weighted by atomic mass is 16.3. The quantitative estimate of drug-likeness (QED) is 0.875. The lowest BCUT2D eigenvalue weighted by Gasteiger charge is -2.17. The predicted molar refractivity (Wildman–Crippen MR) is 80.3 cm³/mol. The Labute approximate surface area is 122 Å². The number of aliphatic hydroxyl groups excluding tert-OH is 1. The van der Waals surface area contributed by atoms with Crippen LogP contribution in [0.3, 0.4) is 0 Å². The number of aromatic nitrogens is 1. The summed E-state index contributed by atoms with van der Waals surface area (Å²) in [5.74, 6) is -0.168. The fourth-order valence-electron chi connectivity index (χ4n) is 2.86. The molecule has 2 aromatic rings. The molecule has 1 fully saturated rings. The number of aliphatic hydroxyl groups is 1. The number of carbonyl (C=O) groups is 1. The highest BCUT2D eigenvalue weighted by molar-refractivity contribution is 5.97. The number of benzene rings is 1. The van der Waals surface area contributed by atoms with Gasteiger partial charge in [-0.2, -0.15) is 0 Å². The average molecular weight is 286 g/mol. The van der Waals surface area contributed by atoms with E-state index in [0.717, 1.165) is 11.9 Å². The van der Waals surface area contributed by atoms with Gasteiger partial charge in [-0.25, -0.2) is 0 Å². The molecule has 110 valence electrons. The van der Waals surface area contributed by atoms with Crippen LogP contribution in [-0.2, 0) is 0 Å². The van der Waals surface area contributed by atoms with E-state index in [1.54, 1.807) is 24.0 Å². The summed E-state index contributed by atoms with van der Waals surface area (Å²) in [4.78, 5) is 29.6. The Hall–Kier alpha value is -2.14. The van der Waals surface area contributed by atoms with Gasteiger partial charge in [0.2, 0.25) is 5.43 Å². The third-order valence-electron chi connectivity index (χ3n) is 4.21. The standard InChI is InChI=1S/C16H18N2O3/c1-10(19)11-6-7-18(9-11)16(21)13-8-17-14-5-3-2-4-12(14)15(13)20/h2-5,8,10-11,19H,6-7,9H2,1H3,(H,17,20). The number of para-hydroxylation sites is 1. The minimum atomic E-state index is -0.433. The van der Waals surface area contributed by atoms with Crippen LogP contribution in [-0.4, -0.2) is 40.1 Å². The summed E-state index contributed by atoms with van der Waals surface area (Å²) < 4.78 is 0. The number of nitrogens with zero attached hydrogens (tertiary/aromatic N) is 1. The molecule has 1 saturated heterocycles. The number of hydrogen-bond acceptors (Lipinski definition) is 3. The van der Waals surface area contributed by atoms with Gasteiger partial charge in [0.1, 0.15) is 5.56 Å². The van der Waals surface area contributed by atoms with E-state index in [9.17, 15) is 14.7 Å². The number of pyridine rings is 1. The first-order valence-electron chi connectivity index (χ1n) is 7.15. The van der Waals surface area contributed by atoms with Gasteiger partial charge < -0.3 is 15.0 Å². The molecular weight excluding hydrogens is 268 g/mol. The van der Waals surface area contributed by atoms with Crippen LogP contribution in [0.25, 0.3) is 10.9 Å². The van der Waals surface area contributed by atoms with Crippen molar-refractivity contribution in [3.05, 3.63) is 46.2 Å². The second kappa shape index (κ2) is 5.33. The van der Waals surface area contributed by atoms with Gasteiger partial charge in [0.25, 0.3) is 5.91 Å². The van der Waals surface area contributed by atoms with Crippen molar-refractivity contribution in [2.75, 3.05) is 13.1 Å². The minimum Gasteiger partial charge on any atom is -0.393 e. The first kappa shape index (κ1) is 13.8. The lowest BCUT2D eigenvalue weighted by Crippen LogP contribution is -2.33. The smallest absolute Gasteiger partial charge is 0.259 e. The van der Waals surface area contributed by atoms with Crippen molar-refractivity contribution in [1.29, 1.82) is 0 Å². The molecule has 0 spiro atoms. The van der Waals surface area contributed by atoms with Gasteiger partial charge in [-0.15, -0.1) is 0 Å². The largest absolute Gasteiger partial charge is 0.393 e. The van der Waals surface area contributed by atoms with Gasteiger partial charge in [-0.3, -0.25) is 9.59 Å². The second-order valence-corrected chi connectivity index (χ2v) is 5.62. The van der Waals surface area contributed by atoms with Crippen LogP contribution >= 0.6 is 0 Å². The van der Waals surface area contributed by atoms with E-state index >= 15 is 0 Å². The SMILES string of the molecule is CC(O)C1CCN(C(=O)c2c[nH]c3ccccc3c2=O)C1. The van der Waals surface area contributed by atoms with Crippen LogP contribution in [0, 0.1) is 5.92 Å². The van der Waals surface area contributed by atoms with Crippen molar-refractivity contribution in [3.8, 4) is 0 Å². The number of carbonyl (C=O) groups excluding carboxylic acids is 1. The van der Waals surface area contributed by atoms with E-state index in [-0.39, 0.29) is 22.8 Å². The van der Waals surface area contributed by atoms with Crippen LogP contribution in [0.1, 0.15) is 23.7 Å². The molecule has 1 aliphatic heterocycles. The van der Waals surface area contributed by atoms with Crippen molar-refractivity contribution in [2.45, 2.75) is 19.4 Å². The zero-order chi connectivity index (χ0) is 15.0. The molecule has 1 aromatic carbocycles. The molecule has 21 heavy (non-hydrogen) atoms. The van der Waals surface area contributed by atoms with Crippen molar-refractivity contribution in [3.63, 3.8) is 0 Å². The molecule has 1 aliphatic rings. The molecule has 2 heterocycles. The fraction of sp³-hybridized carbons (Fsp3) is 0.375. The average Bonchev–Trinajstić information content (AvgIpc) is 2.97. The maximum Gasteiger partial charge on any atom is 0.259 e. The third-order valence-corrected chi connectivity index (χ3v) is 4.21. The van der Waals surface area contributed by atoms with Crippen molar-refractivity contribution >= 4 is 16.8 Å². The summed E-state index contributed by atoms with van der Waals surface area (Å²) >= 11 is 0. The predicted octanol–water partition coefficient (Wildman–Crippen LogP) is 1.37. The Morgan fingerprint density at radius 2 is 2.19 bits per heavy atom. The summed E-state index contributed by atoms with van der Waals surface area (Å²) in [5.41, 5.74) is 0.650. The lowest BCUT2D eigenvalue weighted by molar-refractivity contribution is 0.0761. The van der Waals surface area contributed by atoms with Crippen molar-refractivity contribution < 1.29 is 9.90 Å². The molecule has 1 aromatic heterocycles. The molecule has 1 amide bonds. The van der Waals surface area contributed by atoms with E-state index in [1.165, 1.54) is 6.20 Å². The van der Waals surface area contributed by atoms with Crippen molar-refractivity contribution in [1.82, 2.24) is 9.88 Å². The van der Waals surface area contributed by atoms with Gasteiger partial charge in [-0.05, 0) is 25.5 Å². The van der Waals surface area contributed by atoms with E-state index < -0.39 is 6.10 Å². The minimum absolute atomic E-state index is 0.0912. The Balaban J connectivity index is 1.92. The maximum atomic E-state index is 12.5. The summed E-state index contributed by atoms with van der Waals surface area (Å²) in [7, 11) is 0. The number of likely N-dealkylation sites (tertiary alicyclic amines) is 1. The van der Waals surface area contributed by atoms with Crippen LogP contribution in [0.2, 0.25) is 0 Å². The molecule has 0 saturated carbocycles. The van der Waals surface area contributed by atoms with E-state index in [0.29, 0.717) is 18.5 Å². The van der Waals surface area contributed by atoms with E-state index in [2.05, 4.69) is 4.98 Å². The molecule has 3 rings (SSSR count). The first-order chi connectivity index (χ1) is 10.1. The van der Waals surface area contributed by atoms with Gasteiger partial charge in [0.05, 0.1) is 6.10 Å². The Bertz CT molecular complexity index is 736. The Kier molecular flexibility index (Phi) is 3.51. The topological polar surface area (TPSA) is 73.4 Å². The second-order valence-electron chi connectivity index (χ2n) is 5.62. The van der Waals surface area contributed by atoms with Crippen LogP contribution < -0.4 is 5.43 Å². The normalized spacial score (nSPS) is 19.9. The zero-order valence-electron chi connectivity index (χ0n) is 11.9. The van der Waals surface area contributed by atoms with Crippen molar-refractivity contribution in [2.24, 2.45) is 5.92 Å². The van der Waals surface area contributed by atoms with Crippen LogP contribution in [0.4, 0.5) is 0 Å². The molecule has 0 aliphatic carbocycles.